The summed E-state index contributed by atoms with van der Waals surface area (Å²) in [4.78, 5) is 10.8. The van der Waals surface area contributed by atoms with E-state index in [-0.39, 0.29) is 0 Å². The van der Waals surface area contributed by atoms with Crippen LogP contribution in [-0.2, 0) is 5.41 Å². The van der Waals surface area contributed by atoms with Crippen LogP contribution in [0.4, 0.5) is 0 Å². The van der Waals surface area contributed by atoms with Crippen molar-refractivity contribution < 1.29 is 4.42 Å². The van der Waals surface area contributed by atoms with E-state index in [0.717, 1.165) is 61.1 Å². The summed E-state index contributed by atoms with van der Waals surface area (Å²) >= 11 is 0. The molecule has 1 spiro atoms. The Morgan fingerprint density at radius 2 is 0.857 bits per heavy atom. The predicted molar refractivity (Wildman–Crippen MR) is 227 cm³/mol. The fourth-order valence-corrected chi connectivity index (χ4v) is 9.62. The van der Waals surface area contributed by atoms with Crippen LogP contribution in [0, 0.1) is 0 Å². The van der Waals surface area contributed by atoms with E-state index in [9.17, 15) is 0 Å². The molecule has 0 bridgehead atoms. The molecule has 0 atom stereocenters. The zero-order valence-corrected chi connectivity index (χ0v) is 30.3. The highest BCUT2D eigenvalue weighted by Gasteiger charge is 2.51. The van der Waals surface area contributed by atoms with Gasteiger partial charge in [-0.1, -0.05) is 170 Å². The third-order valence-electron chi connectivity index (χ3n) is 11.9. The van der Waals surface area contributed by atoms with Gasteiger partial charge in [-0.05, 0) is 79.9 Å². The lowest BCUT2D eigenvalue weighted by molar-refractivity contribution is 0.670. The van der Waals surface area contributed by atoms with Gasteiger partial charge in [0.05, 0.1) is 16.8 Å². The van der Waals surface area contributed by atoms with E-state index < -0.39 is 5.41 Å². The number of benzene rings is 8. The van der Waals surface area contributed by atoms with Gasteiger partial charge in [-0.3, -0.25) is 0 Å². The molecule has 8 aromatic carbocycles. The molecule has 2 aliphatic rings. The molecule has 0 radical (unpaired) electrons. The van der Waals surface area contributed by atoms with Gasteiger partial charge < -0.3 is 4.42 Å². The van der Waals surface area contributed by atoms with Crippen LogP contribution in [0.2, 0.25) is 0 Å². The second kappa shape index (κ2) is 11.8. The minimum absolute atomic E-state index is 0.406. The second-order valence-corrected chi connectivity index (χ2v) is 14.8. The summed E-state index contributed by atoms with van der Waals surface area (Å²) in [6.45, 7) is 0. The van der Waals surface area contributed by atoms with Gasteiger partial charge in [-0.15, -0.1) is 0 Å². The molecule has 0 N–H and O–H groups in total. The average Bonchev–Trinajstić information content (AvgIpc) is 3.91. The number of nitrogens with zero attached hydrogens (tertiary/aromatic N) is 2. The maximum Gasteiger partial charge on any atom is 0.160 e. The van der Waals surface area contributed by atoms with Crippen LogP contribution in [0.5, 0.6) is 0 Å². The number of para-hydroxylation sites is 2. The first-order valence-corrected chi connectivity index (χ1v) is 19.2. The van der Waals surface area contributed by atoms with E-state index in [4.69, 9.17) is 14.4 Å². The molecular weight excluding hydrogens is 681 g/mol. The van der Waals surface area contributed by atoms with Gasteiger partial charge in [0.2, 0.25) is 0 Å². The second-order valence-electron chi connectivity index (χ2n) is 14.8. The maximum atomic E-state index is 6.57. The Labute approximate surface area is 324 Å². The third kappa shape index (κ3) is 4.28. The van der Waals surface area contributed by atoms with Crippen LogP contribution in [0.15, 0.2) is 199 Å². The average molecular weight is 713 g/mol. The van der Waals surface area contributed by atoms with Crippen molar-refractivity contribution in [1.82, 2.24) is 9.97 Å². The molecule has 3 nitrogen and oxygen atoms in total. The summed E-state index contributed by atoms with van der Waals surface area (Å²) in [6.07, 6.45) is 0. The number of hydrogen-bond acceptors (Lipinski definition) is 3. The summed E-state index contributed by atoms with van der Waals surface area (Å²) in [5.41, 5.74) is 18.5. The van der Waals surface area contributed by atoms with Crippen molar-refractivity contribution in [2.45, 2.75) is 5.41 Å². The van der Waals surface area contributed by atoms with E-state index in [1.54, 1.807) is 0 Å². The van der Waals surface area contributed by atoms with Crippen molar-refractivity contribution in [3.05, 3.63) is 216 Å². The molecule has 0 unspecified atom stereocenters. The van der Waals surface area contributed by atoms with Gasteiger partial charge in [0.15, 0.2) is 5.82 Å². The molecule has 2 aromatic heterocycles. The molecule has 2 aliphatic carbocycles. The molecule has 56 heavy (non-hydrogen) atoms. The minimum Gasteiger partial charge on any atom is -0.455 e. The lowest BCUT2D eigenvalue weighted by Gasteiger charge is -2.30. The number of aromatic nitrogens is 2. The first kappa shape index (κ1) is 31.0. The number of furan rings is 1. The lowest BCUT2D eigenvalue weighted by atomic mass is 9.70. The Bertz CT molecular complexity index is 3170. The minimum atomic E-state index is -0.406. The molecule has 0 amide bonds. The van der Waals surface area contributed by atoms with Crippen molar-refractivity contribution >= 4 is 21.9 Å². The summed E-state index contributed by atoms with van der Waals surface area (Å²) in [5.74, 6) is 0.668. The quantitative estimate of drug-likeness (QED) is 0.182. The van der Waals surface area contributed by atoms with Gasteiger partial charge >= 0.3 is 0 Å². The lowest BCUT2D eigenvalue weighted by Crippen LogP contribution is -2.25. The fourth-order valence-electron chi connectivity index (χ4n) is 9.62. The third-order valence-corrected chi connectivity index (χ3v) is 11.9. The number of rotatable bonds is 4. The largest absolute Gasteiger partial charge is 0.455 e. The standard InChI is InChI=1S/C53H32N2O/c1-2-15-33(16-3-1)35-17-4-5-21-39(35)48-32-49(42-24-14-23-41-40-22-9-13-28-50(40)56-51(41)42)55-52(54-48)34-29-30-47-43(31-34)38-20-8-12-27-46(38)53(47)44-25-10-6-18-36(44)37-19-7-11-26-45(37)53/h1-32H. The topological polar surface area (TPSA) is 38.9 Å². The Morgan fingerprint density at radius 3 is 1.57 bits per heavy atom. The Morgan fingerprint density at radius 1 is 0.339 bits per heavy atom. The summed E-state index contributed by atoms with van der Waals surface area (Å²) in [5, 5.41) is 2.16. The van der Waals surface area contributed by atoms with E-state index in [1.165, 1.54) is 44.5 Å². The molecule has 0 saturated carbocycles. The van der Waals surface area contributed by atoms with Crippen LogP contribution in [-0.4, -0.2) is 9.97 Å². The zero-order chi connectivity index (χ0) is 36.8. The monoisotopic (exact) mass is 712 g/mol. The van der Waals surface area contributed by atoms with E-state index in [1.807, 2.05) is 12.1 Å². The molecule has 2 heterocycles. The van der Waals surface area contributed by atoms with Gasteiger partial charge in [0.25, 0.3) is 0 Å². The first-order chi connectivity index (χ1) is 27.8. The molecular formula is C53H32N2O. The highest BCUT2D eigenvalue weighted by molar-refractivity contribution is 6.09. The Balaban J connectivity index is 1.11. The van der Waals surface area contributed by atoms with Crippen molar-refractivity contribution in [1.29, 1.82) is 0 Å². The van der Waals surface area contributed by atoms with Gasteiger partial charge in [-0.2, -0.15) is 0 Å². The Hall–Kier alpha value is -7.36. The molecule has 10 aromatic rings. The van der Waals surface area contributed by atoms with E-state index in [0.29, 0.717) is 5.82 Å². The molecule has 260 valence electrons. The summed E-state index contributed by atoms with van der Waals surface area (Å²) in [6, 6.07) is 69.4. The molecule has 3 heteroatoms. The van der Waals surface area contributed by atoms with Crippen molar-refractivity contribution in [2.24, 2.45) is 0 Å². The molecule has 12 rings (SSSR count). The summed E-state index contributed by atoms with van der Waals surface area (Å²) < 4.78 is 6.57. The zero-order valence-electron chi connectivity index (χ0n) is 30.3. The van der Waals surface area contributed by atoms with Gasteiger partial charge in [0.1, 0.15) is 11.2 Å². The van der Waals surface area contributed by atoms with Crippen molar-refractivity contribution in [2.75, 3.05) is 0 Å². The maximum absolute atomic E-state index is 6.57. The highest BCUT2D eigenvalue weighted by atomic mass is 16.3. The van der Waals surface area contributed by atoms with Crippen LogP contribution in [0.3, 0.4) is 0 Å². The number of fused-ring (bicyclic) bond motifs is 13. The SMILES string of the molecule is c1ccc(-c2ccccc2-c2cc(-c3cccc4c3oc3ccccc34)nc(-c3ccc4c(c3)-c3ccccc3C43c4ccccc4-c4ccccc43)n2)cc1. The van der Waals surface area contributed by atoms with Crippen molar-refractivity contribution in [3.8, 4) is 67.3 Å². The highest BCUT2D eigenvalue weighted by Crippen LogP contribution is 2.63. The van der Waals surface area contributed by atoms with Crippen LogP contribution in [0.1, 0.15) is 22.3 Å². The number of hydrogen-bond donors (Lipinski definition) is 0. The molecule has 0 saturated heterocycles. The molecule has 0 aliphatic heterocycles. The Kier molecular flexibility index (Phi) is 6.55. The summed E-state index contributed by atoms with van der Waals surface area (Å²) in [7, 11) is 0. The van der Waals surface area contributed by atoms with E-state index in [2.05, 4.69) is 182 Å². The van der Waals surface area contributed by atoms with Crippen LogP contribution >= 0.6 is 0 Å². The smallest absolute Gasteiger partial charge is 0.160 e. The van der Waals surface area contributed by atoms with Crippen molar-refractivity contribution in [3.63, 3.8) is 0 Å². The van der Waals surface area contributed by atoms with E-state index >= 15 is 0 Å². The normalized spacial score (nSPS) is 13.1. The van der Waals surface area contributed by atoms with Gasteiger partial charge in [-0.25, -0.2) is 9.97 Å². The fraction of sp³-hybridized carbons (Fsp3) is 0.0189. The van der Waals surface area contributed by atoms with Gasteiger partial charge in [0, 0.05) is 27.5 Å². The predicted octanol–water partition coefficient (Wildman–Crippen LogP) is 13.4. The first-order valence-electron chi connectivity index (χ1n) is 19.2. The molecule has 0 fully saturated rings. The van der Waals surface area contributed by atoms with Crippen LogP contribution in [0.25, 0.3) is 89.2 Å². The van der Waals surface area contributed by atoms with Crippen LogP contribution < -0.4 is 0 Å².